The van der Waals surface area contributed by atoms with Gasteiger partial charge in [-0.15, -0.1) is 0 Å². The average Bonchev–Trinajstić information content (AvgIpc) is 2.45. The number of carboxylic acid groups (broad SMARTS) is 1. The van der Waals surface area contributed by atoms with Gasteiger partial charge in [-0.05, 0) is 0 Å². The number of aromatic nitrogens is 1. The molecule has 1 aromatic rings. The number of aliphatic carboxylic acids is 1. The van der Waals surface area contributed by atoms with Gasteiger partial charge in [0, 0.05) is 0 Å². The van der Waals surface area contributed by atoms with Gasteiger partial charge in [-0.3, -0.25) is 19.0 Å². The zero-order valence-corrected chi connectivity index (χ0v) is 5.48. The van der Waals surface area contributed by atoms with Gasteiger partial charge in [0.2, 0.25) is 0 Å². The quantitative estimate of drug-likeness (QED) is 0.473. The lowest BCUT2D eigenvalue weighted by atomic mass is 10.3. The van der Waals surface area contributed by atoms with Crippen molar-refractivity contribution in [2.45, 2.75) is 12.6 Å². The van der Waals surface area contributed by atoms with Gasteiger partial charge in [0.15, 0.2) is 0 Å². The molecule has 0 aliphatic rings. The van der Waals surface area contributed by atoms with Crippen molar-refractivity contribution >= 4 is 5.97 Å². The third-order valence-corrected chi connectivity index (χ3v) is 1.32. The van der Waals surface area contributed by atoms with Crippen molar-refractivity contribution in [3.05, 3.63) is 20.7 Å². The summed E-state index contributed by atoms with van der Waals surface area (Å²) in [6.07, 6.45) is 0. The zero-order chi connectivity index (χ0) is 8.59. The number of carbonyl (C=O) groups is 1. The Morgan fingerprint density at radius 1 is 1.55 bits per heavy atom. The van der Waals surface area contributed by atoms with Gasteiger partial charge in [-0.25, -0.2) is 0 Å². The first-order valence-electron chi connectivity index (χ1n) is 2.88. The molecule has 0 bridgehead atoms. The van der Waals surface area contributed by atoms with Crippen LogP contribution >= 0.6 is 0 Å². The van der Waals surface area contributed by atoms with E-state index in [2.05, 4.69) is 0 Å². The van der Waals surface area contributed by atoms with Crippen molar-refractivity contribution < 1.29 is 9.90 Å². The molecule has 3 N–H and O–H groups in total. The van der Waals surface area contributed by atoms with E-state index < -0.39 is 23.1 Å². The van der Waals surface area contributed by atoms with Gasteiger partial charge in [0.25, 0.3) is 0 Å². The number of rotatable bonds is 3. The molecule has 1 rings (SSSR count). The van der Waals surface area contributed by atoms with Crippen molar-refractivity contribution in [2.24, 2.45) is 5.73 Å². The maximum Gasteiger partial charge on any atom is 0.322 e. The third-order valence-electron chi connectivity index (χ3n) is 1.32. The summed E-state index contributed by atoms with van der Waals surface area (Å²) in [5.41, 5.74) is 3.71. The average molecular weight is 158 g/mol. The predicted octanol–water partition coefficient (Wildman–Crippen LogP) is -2.50. The van der Waals surface area contributed by atoms with Gasteiger partial charge in [0.1, 0.15) is 6.04 Å². The fourth-order valence-corrected chi connectivity index (χ4v) is 0.605. The van der Waals surface area contributed by atoms with E-state index in [-0.39, 0.29) is 6.54 Å². The number of nitrogens with zero attached hydrogens (tertiary/aromatic N) is 1. The van der Waals surface area contributed by atoms with Gasteiger partial charge in [-0.1, -0.05) is 0 Å². The fraction of sp³-hybridized carbons (Fsp3) is 0.400. The molecule has 1 aromatic heterocycles. The van der Waals surface area contributed by atoms with Crippen LogP contribution in [0.2, 0.25) is 0 Å². The van der Waals surface area contributed by atoms with Crippen molar-refractivity contribution in [3.63, 3.8) is 0 Å². The molecule has 0 saturated carbocycles. The van der Waals surface area contributed by atoms with E-state index >= 15 is 0 Å². The molecule has 1 heterocycles. The molecule has 0 aromatic carbocycles. The lowest BCUT2D eigenvalue weighted by Crippen LogP contribution is -2.34. The van der Waals surface area contributed by atoms with E-state index in [1.54, 1.807) is 0 Å². The summed E-state index contributed by atoms with van der Waals surface area (Å²) in [4.78, 5) is 30.7. The van der Waals surface area contributed by atoms with Crippen LogP contribution in [0, 0.1) is 0 Å². The van der Waals surface area contributed by atoms with Gasteiger partial charge in [-0.2, -0.15) is 0 Å². The molecule has 60 valence electrons. The SMILES string of the molecule is N[C@@H](Cn1c(=O)c1=O)C(=O)O. The second-order valence-electron chi connectivity index (χ2n) is 2.17. The molecule has 0 amide bonds. The number of hydrogen-bond acceptors (Lipinski definition) is 4. The lowest BCUT2D eigenvalue weighted by Gasteiger charge is -2.00. The summed E-state index contributed by atoms with van der Waals surface area (Å²) in [5.74, 6) is -1.22. The van der Waals surface area contributed by atoms with E-state index in [0.717, 1.165) is 4.57 Å². The highest BCUT2D eigenvalue weighted by molar-refractivity contribution is 5.72. The Kier molecular flexibility index (Phi) is 1.61. The minimum atomic E-state index is -1.22. The van der Waals surface area contributed by atoms with Gasteiger partial charge >= 0.3 is 17.1 Å². The van der Waals surface area contributed by atoms with Crippen molar-refractivity contribution in [3.8, 4) is 0 Å². The van der Waals surface area contributed by atoms with Crippen LogP contribution in [-0.4, -0.2) is 21.7 Å². The summed E-state index contributed by atoms with van der Waals surface area (Å²) < 4.78 is 0.790. The van der Waals surface area contributed by atoms with Crippen molar-refractivity contribution in [1.82, 2.24) is 4.57 Å². The third kappa shape index (κ3) is 1.35. The van der Waals surface area contributed by atoms with Crippen LogP contribution in [0.5, 0.6) is 0 Å². The molecular weight excluding hydrogens is 152 g/mol. The van der Waals surface area contributed by atoms with Crippen LogP contribution in [0.25, 0.3) is 0 Å². The molecule has 0 fully saturated rings. The standard InChI is InChI=1S/C5H6N2O4/c6-2(5(10)11)1-7-3(8)4(7)9/h2H,1,6H2,(H,10,11)/t2-/m0/s1. The fourth-order valence-electron chi connectivity index (χ4n) is 0.605. The molecule has 0 aliphatic heterocycles. The van der Waals surface area contributed by atoms with Crippen LogP contribution in [-0.2, 0) is 11.3 Å². The second-order valence-corrected chi connectivity index (χ2v) is 2.17. The van der Waals surface area contributed by atoms with Gasteiger partial charge < -0.3 is 10.8 Å². The summed E-state index contributed by atoms with van der Waals surface area (Å²) in [6.45, 7) is -0.229. The Morgan fingerprint density at radius 2 is 2.00 bits per heavy atom. The van der Waals surface area contributed by atoms with E-state index in [9.17, 15) is 14.4 Å². The summed E-state index contributed by atoms with van der Waals surface area (Å²) in [6, 6.07) is -1.18. The van der Waals surface area contributed by atoms with Crippen molar-refractivity contribution in [1.29, 1.82) is 0 Å². The van der Waals surface area contributed by atoms with Crippen LogP contribution in [0.1, 0.15) is 0 Å². The van der Waals surface area contributed by atoms with Gasteiger partial charge in [0.05, 0.1) is 6.54 Å². The molecule has 6 heteroatoms. The maximum atomic E-state index is 10.3. The maximum absolute atomic E-state index is 10.3. The predicted molar refractivity (Wildman–Crippen MR) is 35.0 cm³/mol. The molecule has 1 atom stereocenters. The van der Waals surface area contributed by atoms with Crippen LogP contribution in [0.4, 0.5) is 0 Å². The molecule has 0 saturated heterocycles. The second kappa shape index (κ2) is 2.31. The monoisotopic (exact) mass is 158 g/mol. The topological polar surface area (TPSA) is 102 Å². The van der Waals surface area contributed by atoms with E-state index in [1.807, 2.05) is 0 Å². The Morgan fingerprint density at radius 3 is 2.27 bits per heavy atom. The Balaban J connectivity index is 2.59. The first-order valence-corrected chi connectivity index (χ1v) is 2.88. The highest BCUT2D eigenvalue weighted by Gasteiger charge is 2.21. The van der Waals surface area contributed by atoms with E-state index in [0.29, 0.717) is 0 Å². The Labute approximate surface area is 60.5 Å². The number of nitrogens with two attached hydrogens (primary N) is 1. The zero-order valence-electron chi connectivity index (χ0n) is 5.48. The van der Waals surface area contributed by atoms with Crippen LogP contribution < -0.4 is 16.9 Å². The lowest BCUT2D eigenvalue weighted by molar-refractivity contribution is -0.138. The molecular formula is C5H6N2O4. The first kappa shape index (κ1) is 7.67. The van der Waals surface area contributed by atoms with Crippen LogP contribution in [0.3, 0.4) is 0 Å². The van der Waals surface area contributed by atoms with E-state index in [4.69, 9.17) is 10.8 Å². The highest BCUT2D eigenvalue weighted by atomic mass is 16.4. The molecule has 0 aliphatic carbocycles. The largest absolute Gasteiger partial charge is 0.480 e. The summed E-state index contributed by atoms with van der Waals surface area (Å²) in [5, 5.41) is 8.26. The first-order chi connectivity index (χ1) is 5.04. The molecule has 0 unspecified atom stereocenters. The van der Waals surface area contributed by atoms with Crippen molar-refractivity contribution in [2.75, 3.05) is 0 Å². The van der Waals surface area contributed by atoms with Crippen LogP contribution in [0.15, 0.2) is 9.59 Å². The Bertz CT molecular complexity index is 321. The number of hydrogen-bond donors (Lipinski definition) is 2. The van der Waals surface area contributed by atoms with E-state index in [1.165, 1.54) is 0 Å². The minimum absolute atomic E-state index is 0.229. The molecule has 0 spiro atoms. The summed E-state index contributed by atoms with van der Waals surface area (Å²) in [7, 11) is 0. The smallest absolute Gasteiger partial charge is 0.322 e. The molecule has 6 nitrogen and oxygen atoms in total. The molecule has 11 heavy (non-hydrogen) atoms. The number of carboxylic acids is 1. The normalized spacial score (nSPS) is 13.5. The molecule has 0 radical (unpaired) electrons. The summed E-state index contributed by atoms with van der Waals surface area (Å²) >= 11 is 0. The Hall–Kier alpha value is -1.43. The highest BCUT2D eigenvalue weighted by Crippen LogP contribution is 1.82. The minimum Gasteiger partial charge on any atom is -0.480 e.